The maximum absolute atomic E-state index is 2.49. The molecule has 0 N–H and O–H groups in total. The van der Waals surface area contributed by atoms with Crippen LogP contribution in [0.15, 0.2) is 212 Å². The van der Waals surface area contributed by atoms with Crippen LogP contribution in [0, 0.1) is 0 Å². The van der Waals surface area contributed by atoms with Gasteiger partial charge in [-0.25, -0.2) is 0 Å². The van der Waals surface area contributed by atoms with Crippen molar-refractivity contribution in [3.05, 3.63) is 223 Å². The third-order valence-electron chi connectivity index (χ3n) is 14.2. The summed E-state index contributed by atoms with van der Waals surface area (Å²) in [6.45, 7) is 4.73. The minimum absolute atomic E-state index is 0.113. The summed E-state index contributed by atoms with van der Waals surface area (Å²) in [5.41, 5.74) is 15.6. The highest BCUT2D eigenvalue weighted by Gasteiger charge is 2.35. The summed E-state index contributed by atoms with van der Waals surface area (Å²) in [7, 11) is 0. The first-order chi connectivity index (χ1) is 32.0. The number of para-hydroxylation sites is 1. The molecule has 3 nitrogen and oxygen atoms in total. The quantitative estimate of drug-likeness (QED) is 0.168. The molecule has 0 aliphatic heterocycles. The predicted octanol–water partition coefficient (Wildman–Crippen LogP) is 16.8. The zero-order valence-electron chi connectivity index (χ0n) is 36.0. The molecule has 8 bridgehead atoms. The van der Waals surface area contributed by atoms with Crippen molar-refractivity contribution in [1.29, 1.82) is 0 Å². The number of aromatic nitrogens is 3. The van der Waals surface area contributed by atoms with Gasteiger partial charge < -0.3 is 13.7 Å². The van der Waals surface area contributed by atoms with E-state index in [0.29, 0.717) is 0 Å². The summed E-state index contributed by atoms with van der Waals surface area (Å²) in [4.78, 5) is 0. The summed E-state index contributed by atoms with van der Waals surface area (Å²) >= 11 is 1.87. The van der Waals surface area contributed by atoms with Crippen LogP contribution in [0.25, 0.3) is 114 Å². The van der Waals surface area contributed by atoms with E-state index in [9.17, 15) is 0 Å². The first kappa shape index (κ1) is 36.6. The van der Waals surface area contributed by atoms with Gasteiger partial charge in [-0.15, -0.1) is 11.3 Å². The molecule has 0 spiro atoms. The van der Waals surface area contributed by atoms with Gasteiger partial charge in [-0.2, -0.15) is 0 Å². The third kappa shape index (κ3) is 5.29. The molecule has 0 atom stereocenters. The van der Waals surface area contributed by atoms with E-state index in [1.807, 2.05) is 11.3 Å². The molecule has 0 saturated heterocycles. The molecule has 14 rings (SSSR count). The van der Waals surface area contributed by atoms with Crippen LogP contribution in [0.4, 0.5) is 0 Å². The Morgan fingerprint density at radius 2 is 0.923 bits per heavy atom. The summed E-state index contributed by atoms with van der Waals surface area (Å²) in [5, 5.41) is 9.75. The van der Waals surface area contributed by atoms with E-state index >= 15 is 0 Å². The van der Waals surface area contributed by atoms with Crippen molar-refractivity contribution in [1.82, 2.24) is 13.7 Å². The summed E-state index contributed by atoms with van der Waals surface area (Å²) in [5.74, 6) is 0. The molecular formula is C61H41N3S. The number of rotatable bonds is 3. The van der Waals surface area contributed by atoms with Crippen LogP contribution in [0.2, 0.25) is 0 Å². The van der Waals surface area contributed by atoms with Gasteiger partial charge in [0.1, 0.15) is 0 Å². The second-order valence-electron chi connectivity index (χ2n) is 18.2. The lowest BCUT2D eigenvalue weighted by Gasteiger charge is -2.22. The van der Waals surface area contributed by atoms with E-state index < -0.39 is 0 Å². The minimum Gasteiger partial charge on any atom is -0.310 e. The standard InChI is InChI=1S/C61H41N3S/c1-61(2)52-22-7-5-20-47(52)48-30-27-45(37-53(48)61)62-41-17-9-15-39(33-41)40-16-10-18-42(34-40)63(44-29-32-59-51(36-44)50-35-43(62)28-31-58(50)65-59)56-25-12-26-57-60(56)49-21-6-8-23-55(49)64(57)54-24-11-14-38-13-3-4-19-46(38)54/h3-37H,1-2H3. The van der Waals surface area contributed by atoms with Gasteiger partial charge in [-0.3, -0.25) is 0 Å². The molecule has 0 unspecified atom stereocenters. The Kier molecular flexibility index (Phi) is 7.62. The molecule has 0 amide bonds. The SMILES string of the molecule is CC1(C)c2ccccc2-c2ccc(-n3c4cccc(c4)c4cccc(c4)n(-c4cccc5c4c4ccccc4n5-c4cccc5ccccc45)c4ccc5sc6ccc3cc6c5c4)cc21. The highest BCUT2D eigenvalue weighted by atomic mass is 32.1. The van der Waals surface area contributed by atoms with Crippen molar-refractivity contribution in [2.45, 2.75) is 19.3 Å². The highest BCUT2D eigenvalue weighted by Crippen LogP contribution is 2.49. The Morgan fingerprint density at radius 1 is 0.354 bits per heavy atom. The van der Waals surface area contributed by atoms with Crippen molar-refractivity contribution in [3.63, 3.8) is 0 Å². The number of thiophene rings is 1. The molecule has 4 heteroatoms. The monoisotopic (exact) mass is 847 g/mol. The number of hydrogen-bond acceptors (Lipinski definition) is 1. The number of hydrogen-bond donors (Lipinski definition) is 0. The van der Waals surface area contributed by atoms with Gasteiger partial charge in [-0.1, -0.05) is 129 Å². The van der Waals surface area contributed by atoms with Crippen molar-refractivity contribution in [2.24, 2.45) is 0 Å². The highest BCUT2D eigenvalue weighted by molar-refractivity contribution is 7.25. The topological polar surface area (TPSA) is 14.8 Å². The van der Waals surface area contributed by atoms with Gasteiger partial charge in [0.15, 0.2) is 0 Å². The van der Waals surface area contributed by atoms with Gasteiger partial charge >= 0.3 is 0 Å². The number of fused-ring (bicyclic) bond motifs is 14. The molecule has 1 aliphatic carbocycles. The summed E-state index contributed by atoms with van der Waals surface area (Å²) in [6.07, 6.45) is 0. The molecule has 65 heavy (non-hydrogen) atoms. The van der Waals surface area contributed by atoms with E-state index in [1.165, 1.54) is 86.1 Å². The largest absolute Gasteiger partial charge is 0.310 e. The molecule has 3 heterocycles. The zero-order chi connectivity index (χ0) is 43.0. The van der Waals surface area contributed by atoms with Crippen LogP contribution in [0.3, 0.4) is 0 Å². The van der Waals surface area contributed by atoms with Crippen molar-refractivity contribution in [3.8, 4) is 28.2 Å². The Labute approximate surface area is 379 Å². The van der Waals surface area contributed by atoms with E-state index in [0.717, 1.165) is 38.8 Å². The van der Waals surface area contributed by atoms with Gasteiger partial charge in [0, 0.05) is 69.5 Å². The fourth-order valence-electron chi connectivity index (χ4n) is 11.2. The molecule has 3 aromatic heterocycles. The lowest BCUT2D eigenvalue weighted by Crippen LogP contribution is -2.15. The lowest BCUT2D eigenvalue weighted by atomic mass is 9.82. The van der Waals surface area contributed by atoms with E-state index in [1.54, 1.807) is 0 Å². The Hall–Kier alpha value is -7.92. The first-order valence-electron chi connectivity index (χ1n) is 22.5. The fraction of sp³-hybridized carbons (Fsp3) is 0.0492. The molecule has 0 fully saturated rings. The third-order valence-corrected chi connectivity index (χ3v) is 15.4. The molecular weight excluding hydrogens is 807 g/mol. The smallest absolute Gasteiger partial charge is 0.0562 e. The van der Waals surface area contributed by atoms with Crippen molar-refractivity contribution >= 4 is 96.9 Å². The van der Waals surface area contributed by atoms with Gasteiger partial charge in [-0.05, 0) is 135 Å². The molecule has 1 aliphatic rings. The first-order valence-corrected chi connectivity index (χ1v) is 23.3. The second kappa shape index (κ2) is 13.5. The lowest BCUT2D eigenvalue weighted by molar-refractivity contribution is 0.660. The molecule has 0 radical (unpaired) electrons. The van der Waals surface area contributed by atoms with Gasteiger partial charge in [0.05, 0.1) is 22.4 Å². The summed E-state index contributed by atoms with van der Waals surface area (Å²) in [6, 6.07) is 79.5. The predicted molar refractivity (Wildman–Crippen MR) is 278 cm³/mol. The Balaban J connectivity index is 1.09. The van der Waals surface area contributed by atoms with Crippen LogP contribution in [0.5, 0.6) is 0 Å². The second-order valence-corrected chi connectivity index (χ2v) is 19.2. The Bertz CT molecular complexity index is 4220. The number of nitrogens with zero attached hydrogens (tertiary/aromatic N) is 3. The zero-order valence-corrected chi connectivity index (χ0v) is 36.8. The molecule has 0 saturated carbocycles. The van der Waals surface area contributed by atoms with Crippen LogP contribution in [0.1, 0.15) is 25.0 Å². The maximum atomic E-state index is 2.49. The van der Waals surface area contributed by atoms with Crippen molar-refractivity contribution < 1.29 is 0 Å². The van der Waals surface area contributed by atoms with Gasteiger partial charge in [0.2, 0.25) is 0 Å². The fourth-order valence-corrected chi connectivity index (χ4v) is 12.3. The van der Waals surface area contributed by atoms with E-state index in [4.69, 9.17) is 0 Å². The van der Waals surface area contributed by atoms with E-state index in [2.05, 4.69) is 240 Å². The minimum atomic E-state index is -0.113. The van der Waals surface area contributed by atoms with Crippen LogP contribution in [-0.4, -0.2) is 13.7 Å². The van der Waals surface area contributed by atoms with E-state index in [-0.39, 0.29) is 5.41 Å². The average Bonchev–Trinajstić information content (AvgIpc) is 3.96. The van der Waals surface area contributed by atoms with Crippen LogP contribution >= 0.6 is 11.3 Å². The number of benzene rings is 10. The molecule has 13 aromatic rings. The average molecular weight is 848 g/mol. The summed E-state index contributed by atoms with van der Waals surface area (Å²) < 4.78 is 9.97. The van der Waals surface area contributed by atoms with Crippen LogP contribution < -0.4 is 0 Å². The molecule has 10 aromatic carbocycles. The van der Waals surface area contributed by atoms with Gasteiger partial charge in [0.25, 0.3) is 0 Å². The normalized spacial score (nSPS) is 13.2. The van der Waals surface area contributed by atoms with Crippen LogP contribution in [-0.2, 0) is 5.41 Å². The molecule has 306 valence electrons. The van der Waals surface area contributed by atoms with Crippen molar-refractivity contribution in [2.75, 3.05) is 0 Å². The maximum Gasteiger partial charge on any atom is 0.0562 e. The Morgan fingerprint density at radius 3 is 1.72 bits per heavy atom.